The summed E-state index contributed by atoms with van der Waals surface area (Å²) in [5.74, 6) is 0.484. The van der Waals surface area contributed by atoms with Gasteiger partial charge in [-0.15, -0.1) is 0 Å². The van der Waals surface area contributed by atoms with Crippen molar-refractivity contribution in [2.45, 2.75) is 20.8 Å². The molecule has 0 aliphatic rings. The molecule has 0 rings (SSSR count). The van der Waals surface area contributed by atoms with Gasteiger partial charge in [-0.2, -0.15) is 0 Å². The molecule has 1 heteroatoms. The van der Waals surface area contributed by atoms with Crippen LogP contribution in [0.1, 0.15) is 20.8 Å². The van der Waals surface area contributed by atoms with Crippen molar-refractivity contribution in [3.8, 4) is 0 Å². The summed E-state index contributed by atoms with van der Waals surface area (Å²) < 4.78 is 0. The van der Waals surface area contributed by atoms with E-state index in [0.717, 1.165) is 6.54 Å². The van der Waals surface area contributed by atoms with Gasteiger partial charge in [0.2, 0.25) is 0 Å². The van der Waals surface area contributed by atoms with Gasteiger partial charge in [-0.25, -0.2) is 0 Å². The molecule has 2 N–H and O–H groups in total. The molecule has 0 saturated carbocycles. The van der Waals surface area contributed by atoms with Gasteiger partial charge in [-0.3, -0.25) is 0 Å². The van der Waals surface area contributed by atoms with E-state index in [1.54, 1.807) is 0 Å². The smallest absolute Gasteiger partial charge is 0.00140 e. The highest BCUT2D eigenvalue weighted by atomic mass is 14.5. The molecule has 0 amide bonds. The molecule has 0 radical (unpaired) electrons. The second kappa shape index (κ2) is 4.29. The summed E-state index contributed by atoms with van der Waals surface area (Å²) in [6.45, 7) is 10.7. The van der Waals surface area contributed by atoms with Crippen molar-refractivity contribution in [1.82, 2.24) is 0 Å². The van der Waals surface area contributed by atoms with Gasteiger partial charge in [0.05, 0.1) is 0 Å². The topological polar surface area (TPSA) is 26.0 Å². The van der Waals surface area contributed by atoms with E-state index >= 15 is 0 Å². The first-order valence-electron chi connectivity index (χ1n) is 3.63. The van der Waals surface area contributed by atoms with Gasteiger partial charge >= 0.3 is 0 Å². The quantitative estimate of drug-likeness (QED) is 0.595. The van der Waals surface area contributed by atoms with Crippen molar-refractivity contribution in [3.63, 3.8) is 0 Å². The molecule has 0 spiro atoms. The zero-order valence-electron chi connectivity index (χ0n) is 7.15. The van der Waals surface area contributed by atoms with Crippen LogP contribution in [-0.4, -0.2) is 6.54 Å². The maximum Gasteiger partial charge on any atom is -0.00140 e. The van der Waals surface area contributed by atoms with Crippen LogP contribution < -0.4 is 5.73 Å². The summed E-state index contributed by atoms with van der Waals surface area (Å²) in [5.41, 5.74) is 8.09. The minimum Gasteiger partial charge on any atom is -0.330 e. The van der Waals surface area contributed by atoms with Gasteiger partial charge < -0.3 is 5.73 Å². The fraction of sp³-hybridized carbons (Fsp3) is 0.556. The van der Waals surface area contributed by atoms with Gasteiger partial charge in [0.15, 0.2) is 0 Å². The normalized spacial score (nSPS) is 16.0. The molecule has 0 heterocycles. The molecule has 0 bridgehead atoms. The Labute approximate surface area is 63.6 Å². The van der Waals surface area contributed by atoms with Crippen LogP contribution in [-0.2, 0) is 0 Å². The number of rotatable bonds is 3. The Morgan fingerprint density at radius 2 is 2.10 bits per heavy atom. The maximum atomic E-state index is 5.50. The maximum absolute atomic E-state index is 5.50. The fourth-order valence-electron chi connectivity index (χ4n) is 0.726. The zero-order chi connectivity index (χ0) is 8.15. The molecule has 1 atom stereocenters. The summed E-state index contributed by atoms with van der Waals surface area (Å²) in [5, 5.41) is 0. The highest BCUT2D eigenvalue weighted by Gasteiger charge is 2.01. The van der Waals surface area contributed by atoms with E-state index in [2.05, 4.69) is 27.4 Å². The lowest BCUT2D eigenvalue weighted by atomic mass is 9.98. The average Bonchev–Trinajstić information content (AvgIpc) is 2.00. The second-order valence-electron chi connectivity index (χ2n) is 2.71. The molecular formula is C9H17N. The second-order valence-corrected chi connectivity index (χ2v) is 2.71. The zero-order valence-corrected chi connectivity index (χ0v) is 7.15. The van der Waals surface area contributed by atoms with Crippen molar-refractivity contribution < 1.29 is 0 Å². The van der Waals surface area contributed by atoms with Gasteiger partial charge in [0.25, 0.3) is 0 Å². The van der Waals surface area contributed by atoms with Crippen molar-refractivity contribution >= 4 is 0 Å². The molecule has 1 unspecified atom stereocenters. The molecule has 0 aromatic carbocycles. The number of hydrogen-bond acceptors (Lipinski definition) is 1. The highest BCUT2D eigenvalue weighted by Crippen LogP contribution is 2.13. The lowest BCUT2D eigenvalue weighted by Gasteiger charge is -2.10. The van der Waals surface area contributed by atoms with E-state index < -0.39 is 0 Å². The first kappa shape index (κ1) is 9.44. The third-order valence-electron chi connectivity index (χ3n) is 2.02. The largest absolute Gasteiger partial charge is 0.330 e. The van der Waals surface area contributed by atoms with E-state index in [9.17, 15) is 0 Å². The van der Waals surface area contributed by atoms with E-state index in [1.807, 2.05) is 6.08 Å². The van der Waals surface area contributed by atoms with E-state index in [1.165, 1.54) is 11.1 Å². The van der Waals surface area contributed by atoms with Gasteiger partial charge in [-0.1, -0.05) is 30.7 Å². The summed E-state index contributed by atoms with van der Waals surface area (Å²) in [4.78, 5) is 0. The Kier molecular flexibility index (Phi) is 4.05. The monoisotopic (exact) mass is 139 g/mol. The van der Waals surface area contributed by atoms with Crippen LogP contribution in [0.2, 0.25) is 0 Å². The third-order valence-corrected chi connectivity index (χ3v) is 2.02. The van der Waals surface area contributed by atoms with E-state index in [-0.39, 0.29) is 0 Å². The van der Waals surface area contributed by atoms with Crippen LogP contribution in [0.3, 0.4) is 0 Å². The molecular weight excluding hydrogens is 122 g/mol. The Balaban J connectivity index is 4.29. The Morgan fingerprint density at radius 1 is 1.60 bits per heavy atom. The molecule has 1 nitrogen and oxygen atoms in total. The van der Waals surface area contributed by atoms with Crippen molar-refractivity contribution in [2.24, 2.45) is 11.7 Å². The molecule has 0 saturated heterocycles. The molecule has 0 fully saturated rings. The molecule has 0 aliphatic carbocycles. The Bertz CT molecular complexity index is 145. The standard InChI is InChI=1S/C9H17N/c1-5-7(2)9(4)8(3)6-10/h5,8H,1,6,10H2,2-4H3. The lowest BCUT2D eigenvalue weighted by Crippen LogP contribution is -2.12. The first-order chi connectivity index (χ1) is 4.63. The van der Waals surface area contributed by atoms with E-state index in [0.29, 0.717) is 5.92 Å². The predicted molar refractivity (Wildman–Crippen MR) is 46.8 cm³/mol. The van der Waals surface area contributed by atoms with Crippen molar-refractivity contribution in [1.29, 1.82) is 0 Å². The van der Waals surface area contributed by atoms with Crippen LogP contribution in [0.4, 0.5) is 0 Å². The SMILES string of the molecule is C=CC(C)=C(C)C(C)CN. The number of nitrogens with two attached hydrogens (primary N) is 1. The molecule has 10 heavy (non-hydrogen) atoms. The van der Waals surface area contributed by atoms with Crippen LogP contribution in [0.25, 0.3) is 0 Å². The highest BCUT2D eigenvalue weighted by molar-refractivity contribution is 5.21. The molecule has 0 aromatic rings. The van der Waals surface area contributed by atoms with E-state index in [4.69, 9.17) is 5.73 Å². The Hall–Kier alpha value is -0.560. The predicted octanol–water partition coefficient (Wildman–Crippen LogP) is 2.10. The first-order valence-corrected chi connectivity index (χ1v) is 3.63. The van der Waals surface area contributed by atoms with Crippen molar-refractivity contribution in [3.05, 3.63) is 23.8 Å². The van der Waals surface area contributed by atoms with Gasteiger partial charge in [0.1, 0.15) is 0 Å². The van der Waals surface area contributed by atoms with Crippen molar-refractivity contribution in [2.75, 3.05) is 6.54 Å². The number of hydrogen-bond donors (Lipinski definition) is 1. The average molecular weight is 139 g/mol. The number of allylic oxidation sites excluding steroid dienone is 2. The van der Waals surface area contributed by atoms with Crippen LogP contribution in [0.5, 0.6) is 0 Å². The van der Waals surface area contributed by atoms with Crippen LogP contribution in [0.15, 0.2) is 23.8 Å². The third kappa shape index (κ3) is 2.36. The van der Waals surface area contributed by atoms with Crippen LogP contribution in [0, 0.1) is 5.92 Å². The molecule has 0 aromatic heterocycles. The van der Waals surface area contributed by atoms with Gasteiger partial charge in [0, 0.05) is 0 Å². The lowest BCUT2D eigenvalue weighted by molar-refractivity contribution is 0.688. The summed E-state index contributed by atoms with van der Waals surface area (Å²) in [6.07, 6.45) is 1.88. The molecule has 0 aliphatic heterocycles. The van der Waals surface area contributed by atoms with Crippen LogP contribution >= 0.6 is 0 Å². The summed E-state index contributed by atoms with van der Waals surface area (Å²) >= 11 is 0. The summed E-state index contributed by atoms with van der Waals surface area (Å²) in [6, 6.07) is 0. The molecule has 58 valence electrons. The summed E-state index contributed by atoms with van der Waals surface area (Å²) in [7, 11) is 0. The minimum atomic E-state index is 0.484. The van der Waals surface area contributed by atoms with Gasteiger partial charge in [-0.05, 0) is 26.3 Å². The Morgan fingerprint density at radius 3 is 2.40 bits per heavy atom. The minimum absolute atomic E-state index is 0.484. The fourth-order valence-corrected chi connectivity index (χ4v) is 0.726.